The minimum Gasteiger partial charge on any atom is -0.320 e. The summed E-state index contributed by atoms with van der Waals surface area (Å²) < 4.78 is 14.3. The van der Waals surface area contributed by atoms with Crippen LogP contribution in [0, 0.1) is 12.7 Å². The van der Waals surface area contributed by atoms with E-state index < -0.39 is 0 Å². The Morgan fingerprint density at radius 2 is 1.71 bits per heavy atom. The van der Waals surface area contributed by atoms with Gasteiger partial charge < -0.3 is 5.73 Å². The third-order valence-electron chi connectivity index (χ3n) is 3.75. The molecule has 0 amide bonds. The summed E-state index contributed by atoms with van der Waals surface area (Å²) in [6.45, 7) is 2.08. The van der Waals surface area contributed by atoms with Crippen LogP contribution in [-0.4, -0.2) is 0 Å². The molecular formula is C18H15BrFN. The Morgan fingerprint density at radius 1 is 1.00 bits per heavy atom. The van der Waals surface area contributed by atoms with Gasteiger partial charge in [0.15, 0.2) is 0 Å². The highest BCUT2D eigenvalue weighted by molar-refractivity contribution is 9.10. The third kappa shape index (κ3) is 2.71. The number of nitrogens with two attached hydrogens (primary N) is 1. The summed E-state index contributed by atoms with van der Waals surface area (Å²) in [5.74, 6) is -0.286. The van der Waals surface area contributed by atoms with E-state index in [1.807, 2.05) is 24.3 Å². The van der Waals surface area contributed by atoms with Crippen LogP contribution in [0.4, 0.5) is 4.39 Å². The Morgan fingerprint density at radius 3 is 2.43 bits per heavy atom. The topological polar surface area (TPSA) is 26.0 Å². The molecule has 0 saturated heterocycles. The maximum Gasteiger partial charge on any atom is 0.124 e. The van der Waals surface area contributed by atoms with Crippen LogP contribution in [0.25, 0.3) is 10.8 Å². The van der Waals surface area contributed by atoms with Crippen molar-refractivity contribution in [2.75, 3.05) is 0 Å². The maximum atomic E-state index is 13.6. The van der Waals surface area contributed by atoms with Gasteiger partial charge in [0.25, 0.3) is 0 Å². The Bertz CT molecular complexity index is 793. The van der Waals surface area contributed by atoms with Crippen molar-refractivity contribution in [2.24, 2.45) is 5.73 Å². The first-order valence-electron chi connectivity index (χ1n) is 6.76. The molecule has 3 heteroatoms. The molecule has 106 valence electrons. The van der Waals surface area contributed by atoms with Gasteiger partial charge in [-0.2, -0.15) is 0 Å². The highest BCUT2D eigenvalue weighted by Gasteiger charge is 2.14. The van der Waals surface area contributed by atoms with Crippen LogP contribution in [0.15, 0.2) is 59.1 Å². The number of aryl methyl sites for hydroxylation is 1. The molecule has 3 aromatic carbocycles. The number of hydrogen-bond acceptors (Lipinski definition) is 1. The molecule has 2 N–H and O–H groups in total. The number of benzene rings is 3. The molecule has 0 aliphatic heterocycles. The zero-order valence-electron chi connectivity index (χ0n) is 11.6. The van der Waals surface area contributed by atoms with E-state index in [0.29, 0.717) is 4.47 Å². The van der Waals surface area contributed by atoms with Gasteiger partial charge in [0.1, 0.15) is 5.82 Å². The van der Waals surface area contributed by atoms with Gasteiger partial charge in [-0.05, 0) is 52.6 Å². The van der Waals surface area contributed by atoms with Crippen molar-refractivity contribution in [3.8, 4) is 0 Å². The first-order valence-corrected chi connectivity index (χ1v) is 7.55. The van der Waals surface area contributed by atoms with E-state index in [1.165, 1.54) is 23.1 Å². The average molecular weight is 344 g/mol. The molecule has 1 unspecified atom stereocenters. The molecule has 3 aromatic rings. The molecule has 0 aliphatic carbocycles. The molecular weight excluding hydrogens is 329 g/mol. The lowest BCUT2D eigenvalue weighted by atomic mass is 9.92. The van der Waals surface area contributed by atoms with Gasteiger partial charge in [-0.1, -0.05) is 52.3 Å². The van der Waals surface area contributed by atoms with Crippen molar-refractivity contribution >= 4 is 26.7 Å². The van der Waals surface area contributed by atoms with Crippen LogP contribution in [0.5, 0.6) is 0 Å². The second-order valence-electron chi connectivity index (χ2n) is 5.20. The van der Waals surface area contributed by atoms with Crippen LogP contribution >= 0.6 is 15.9 Å². The second kappa shape index (κ2) is 5.58. The normalized spacial score (nSPS) is 12.6. The summed E-state index contributed by atoms with van der Waals surface area (Å²) in [7, 11) is 0. The van der Waals surface area contributed by atoms with Gasteiger partial charge in [-0.3, -0.25) is 0 Å². The Kier molecular flexibility index (Phi) is 3.79. The summed E-state index contributed by atoms with van der Waals surface area (Å²) in [5.41, 5.74) is 9.36. The number of rotatable bonds is 2. The lowest BCUT2D eigenvalue weighted by Gasteiger charge is -2.17. The van der Waals surface area contributed by atoms with E-state index in [-0.39, 0.29) is 11.9 Å². The van der Waals surface area contributed by atoms with E-state index >= 15 is 0 Å². The van der Waals surface area contributed by atoms with E-state index in [9.17, 15) is 4.39 Å². The molecule has 0 bridgehead atoms. The van der Waals surface area contributed by atoms with Gasteiger partial charge in [-0.15, -0.1) is 0 Å². The van der Waals surface area contributed by atoms with Gasteiger partial charge in [0.05, 0.1) is 6.04 Å². The van der Waals surface area contributed by atoms with E-state index in [0.717, 1.165) is 16.5 Å². The van der Waals surface area contributed by atoms with Gasteiger partial charge in [0, 0.05) is 4.47 Å². The number of halogens is 2. The minimum atomic E-state index is -0.359. The van der Waals surface area contributed by atoms with Crippen LogP contribution in [0.2, 0.25) is 0 Å². The lowest BCUT2D eigenvalue weighted by molar-refractivity contribution is 0.622. The fraction of sp³-hybridized carbons (Fsp3) is 0.111. The summed E-state index contributed by atoms with van der Waals surface area (Å²) >= 11 is 3.32. The molecule has 0 saturated carbocycles. The van der Waals surface area contributed by atoms with Crippen molar-refractivity contribution in [1.29, 1.82) is 0 Å². The summed E-state index contributed by atoms with van der Waals surface area (Å²) in [6.07, 6.45) is 0. The van der Waals surface area contributed by atoms with Crippen LogP contribution in [0.3, 0.4) is 0 Å². The van der Waals surface area contributed by atoms with Crippen molar-refractivity contribution in [3.63, 3.8) is 0 Å². The van der Waals surface area contributed by atoms with Crippen molar-refractivity contribution in [1.82, 2.24) is 0 Å². The zero-order valence-corrected chi connectivity index (χ0v) is 13.2. The monoisotopic (exact) mass is 343 g/mol. The SMILES string of the molecule is Cc1ccc(C(N)c2cc(F)cc(Br)c2)c2ccccc12. The molecule has 0 spiro atoms. The molecule has 3 rings (SSSR count). The van der Waals surface area contributed by atoms with Crippen molar-refractivity contribution in [2.45, 2.75) is 13.0 Å². The maximum absolute atomic E-state index is 13.6. The molecule has 1 nitrogen and oxygen atoms in total. The summed E-state index contributed by atoms with van der Waals surface area (Å²) in [4.78, 5) is 0. The predicted octanol–water partition coefficient (Wildman–Crippen LogP) is 5.10. The number of hydrogen-bond donors (Lipinski definition) is 1. The Hall–Kier alpha value is -1.71. The zero-order chi connectivity index (χ0) is 15.0. The van der Waals surface area contributed by atoms with Crippen molar-refractivity contribution < 1.29 is 4.39 Å². The van der Waals surface area contributed by atoms with Crippen LogP contribution in [0.1, 0.15) is 22.7 Å². The van der Waals surface area contributed by atoms with Crippen LogP contribution in [-0.2, 0) is 0 Å². The molecule has 21 heavy (non-hydrogen) atoms. The van der Waals surface area contributed by atoms with Crippen LogP contribution < -0.4 is 5.73 Å². The van der Waals surface area contributed by atoms with Gasteiger partial charge in [-0.25, -0.2) is 4.39 Å². The van der Waals surface area contributed by atoms with Gasteiger partial charge in [0.2, 0.25) is 0 Å². The molecule has 0 radical (unpaired) electrons. The third-order valence-corrected chi connectivity index (χ3v) is 4.21. The highest BCUT2D eigenvalue weighted by Crippen LogP contribution is 2.30. The van der Waals surface area contributed by atoms with E-state index in [4.69, 9.17) is 5.73 Å². The highest BCUT2D eigenvalue weighted by atomic mass is 79.9. The second-order valence-corrected chi connectivity index (χ2v) is 6.11. The fourth-order valence-electron chi connectivity index (χ4n) is 2.68. The lowest BCUT2D eigenvalue weighted by Crippen LogP contribution is -2.13. The predicted molar refractivity (Wildman–Crippen MR) is 88.8 cm³/mol. The molecule has 1 atom stereocenters. The fourth-order valence-corrected chi connectivity index (χ4v) is 3.16. The van der Waals surface area contributed by atoms with Gasteiger partial charge >= 0.3 is 0 Å². The summed E-state index contributed by atoms with van der Waals surface area (Å²) in [5, 5.41) is 2.30. The van der Waals surface area contributed by atoms with Crippen molar-refractivity contribution in [3.05, 3.63) is 81.6 Å². The van der Waals surface area contributed by atoms with E-state index in [1.54, 1.807) is 0 Å². The average Bonchev–Trinajstić information content (AvgIpc) is 2.46. The number of fused-ring (bicyclic) bond motifs is 1. The first-order chi connectivity index (χ1) is 10.1. The Balaban J connectivity index is 2.18. The standard InChI is InChI=1S/C18H15BrFN/c1-11-6-7-17(16-5-3-2-4-15(11)16)18(21)12-8-13(19)10-14(20)9-12/h2-10,18H,21H2,1H3. The molecule has 0 fully saturated rings. The molecule has 0 aliphatic rings. The minimum absolute atomic E-state index is 0.286. The van der Waals surface area contributed by atoms with E-state index in [2.05, 4.69) is 41.1 Å². The first kappa shape index (κ1) is 14.2. The summed E-state index contributed by atoms with van der Waals surface area (Å²) in [6, 6.07) is 16.7. The molecule has 0 aromatic heterocycles. The largest absolute Gasteiger partial charge is 0.320 e. The Labute approximate surface area is 131 Å². The smallest absolute Gasteiger partial charge is 0.124 e. The quantitative estimate of drug-likeness (QED) is 0.688. The molecule has 0 heterocycles.